The van der Waals surface area contributed by atoms with Crippen LogP contribution in [0.3, 0.4) is 0 Å². The van der Waals surface area contributed by atoms with E-state index < -0.39 is 50.9 Å². The molecule has 55 heavy (non-hydrogen) atoms. The average Bonchev–Trinajstić information content (AvgIpc) is 3.46. The Bertz CT molecular complexity index is 2420. The normalized spacial score (nSPS) is 16.2. The molecule has 0 atom stereocenters. The second kappa shape index (κ2) is 14.6. The molecular formula is C36H36F6N8O4S. The number of benzene rings is 2. The second-order valence-corrected chi connectivity index (χ2v) is 15.5. The number of aromatic nitrogens is 5. The Kier molecular flexibility index (Phi) is 10.1. The molecule has 2 aromatic carbocycles. The highest BCUT2D eigenvalue weighted by molar-refractivity contribution is 7.90. The highest BCUT2D eigenvalue weighted by atomic mass is 32.2. The third-order valence-electron chi connectivity index (χ3n) is 9.85. The van der Waals surface area contributed by atoms with Gasteiger partial charge >= 0.3 is 12.4 Å². The molecule has 0 radical (unpaired) electrons. The van der Waals surface area contributed by atoms with Crippen LogP contribution in [0, 0.1) is 13.8 Å². The van der Waals surface area contributed by atoms with Gasteiger partial charge in [-0.15, -0.1) is 0 Å². The van der Waals surface area contributed by atoms with Gasteiger partial charge in [-0.05, 0) is 62.6 Å². The summed E-state index contributed by atoms with van der Waals surface area (Å²) in [4.78, 5) is 24.8. The van der Waals surface area contributed by atoms with Crippen molar-refractivity contribution < 1.29 is 39.5 Å². The van der Waals surface area contributed by atoms with E-state index in [0.717, 1.165) is 20.8 Å². The first-order valence-corrected chi connectivity index (χ1v) is 18.9. The van der Waals surface area contributed by atoms with Gasteiger partial charge in [0, 0.05) is 67.9 Å². The molecule has 0 amide bonds. The van der Waals surface area contributed by atoms with E-state index in [1.165, 1.54) is 56.4 Å². The number of alkyl halides is 6. The van der Waals surface area contributed by atoms with Gasteiger partial charge in [0.2, 0.25) is 5.95 Å². The predicted octanol–water partition coefficient (Wildman–Crippen LogP) is 5.87. The molecule has 7 rings (SSSR count). The fourth-order valence-electron chi connectivity index (χ4n) is 7.17. The number of hydrogen-bond acceptors (Lipinski definition) is 10. The van der Waals surface area contributed by atoms with Gasteiger partial charge < -0.3 is 20.3 Å². The molecule has 2 saturated heterocycles. The maximum atomic E-state index is 14.5. The van der Waals surface area contributed by atoms with Crippen LogP contribution in [-0.4, -0.2) is 76.8 Å². The summed E-state index contributed by atoms with van der Waals surface area (Å²) in [6.45, 7) is 4.73. The zero-order chi connectivity index (χ0) is 39.3. The zero-order valence-electron chi connectivity index (χ0n) is 29.6. The van der Waals surface area contributed by atoms with Crippen LogP contribution in [0.5, 0.6) is 0 Å². The summed E-state index contributed by atoms with van der Waals surface area (Å²) >= 11 is 0. The van der Waals surface area contributed by atoms with Crippen LogP contribution < -0.4 is 21.1 Å². The summed E-state index contributed by atoms with van der Waals surface area (Å²) < 4.78 is 120. The zero-order valence-corrected chi connectivity index (χ0v) is 30.4. The lowest BCUT2D eigenvalue weighted by Gasteiger charge is -2.31. The summed E-state index contributed by atoms with van der Waals surface area (Å²) in [6.07, 6.45) is -7.67. The molecule has 19 heteroatoms. The van der Waals surface area contributed by atoms with E-state index >= 15 is 0 Å². The van der Waals surface area contributed by atoms with Crippen molar-refractivity contribution >= 4 is 38.4 Å². The van der Waals surface area contributed by atoms with Gasteiger partial charge in [0.05, 0.1) is 39.9 Å². The number of ether oxygens (including phenoxy) is 1. The lowest BCUT2D eigenvalue weighted by molar-refractivity contribution is -0.138. The maximum Gasteiger partial charge on any atom is 0.418 e. The molecule has 0 unspecified atom stereocenters. The molecule has 2 aliphatic rings. The Hall–Kier alpha value is -5.01. The van der Waals surface area contributed by atoms with E-state index in [0.29, 0.717) is 26.2 Å². The molecule has 0 saturated carbocycles. The van der Waals surface area contributed by atoms with Crippen molar-refractivity contribution in [2.45, 2.75) is 50.8 Å². The molecule has 2 aliphatic heterocycles. The summed E-state index contributed by atoms with van der Waals surface area (Å²) in [5.41, 5.74) is -2.60. The van der Waals surface area contributed by atoms with Crippen LogP contribution >= 0.6 is 0 Å². The standard InChI is InChI=1S/C36H36F6N8O4S/c1-21-31(22(2)50(47-21)55(52,53)26-9-15-54-16-10-26)27-17-24-19-44-34(45-25-7-8-30(29(18-25)36(40,41)42)48-13-11-43-12-14-48)46-32(24)49(33(27)51)20-23-5-3-4-6-28(23)35(37,38)39/h3-8,17-19,26,43H,9-16,20H2,1-2H3,(H,44,45,46). The minimum atomic E-state index is -4.77. The number of anilines is 3. The number of hydrogen-bond donors (Lipinski definition) is 2. The van der Waals surface area contributed by atoms with Gasteiger partial charge in [0.15, 0.2) is 0 Å². The lowest BCUT2D eigenvalue weighted by Crippen LogP contribution is -2.44. The van der Waals surface area contributed by atoms with E-state index in [4.69, 9.17) is 4.74 Å². The average molecular weight is 791 g/mol. The van der Waals surface area contributed by atoms with Crippen molar-refractivity contribution in [2.75, 3.05) is 49.6 Å². The molecule has 5 heterocycles. The molecule has 0 aliphatic carbocycles. The Morgan fingerprint density at radius 2 is 1.64 bits per heavy atom. The number of aryl methyl sites for hydroxylation is 1. The molecule has 2 fully saturated rings. The van der Waals surface area contributed by atoms with E-state index in [1.54, 1.807) is 4.90 Å². The van der Waals surface area contributed by atoms with Gasteiger partial charge in [-0.1, -0.05) is 18.2 Å². The van der Waals surface area contributed by atoms with Crippen LogP contribution in [0.25, 0.3) is 22.2 Å². The summed E-state index contributed by atoms with van der Waals surface area (Å²) in [5.74, 6) is -0.219. The number of pyridine rings is 1. The van der Waals surface area contributed by atoms with Crippen molar-refractivity contribution in [3.8, 4) is 11.1 Å². The maximum absolute atomic E-state index is 14.5. The summed E-state index contributed by atoms with van der Waals surface area (Å²) in [7, 11) is -4.01. The number of fused-ring (bicyclic) bond motifs is 1. The van der Waals surface area contributed by atoms with Gasteiger partial charge in [-0.2, -0.15) is 40.5 Å². The van der Waals surface area contributed by atoms with Crippen molar-refractivity contribution in [3.63, 3.8) is 0 Å². The van der Waals surface area contributed by atoms with Crippen molar-refractivity contribution in [2.24, 2.45) is 0 Å². The highest BCUT2D eigenvalue weighted by Crippen LogP contribution is 2.39. The first-order chi connectivity index (χ1) is 26.0. The van der Waals surface area contributed by atoms with Gasteiger partial charge in [0.25, 0.3) is 15.6 Å². The number of nitrogens with one attached hydrogen (secondary N) is 2. The Labute approximate surface area is 311 Å². The van der Waals surface area contributed by atoms with Crippen molar-refractivity contribution in [1.82, 2.24) is 29.0 Å². The second-order valence-electron chi connectivity index (χ2n) is 13.4. The van der Waals surface area contributed by atoms with E-state index in [-0.39, 0.29) is 82.5 Å². The third kappa shape index (κ3) is 7.51. The fourth-order valence-corrected chi connectivity index (χ4v) is 8.95. The highest BCUT2D eigenvalue weighted by Gasteiger charge is 2.37. The molecule has 5 aromatic rings. The number of piperazine rings is 1. The monoisotopic (exact) mass is 790 g/mol. The van der Waals surface area contributed by atoms with Crippen LogP contribution in [0.15, 0.2) is 59.5 Å². The molecular weight excluding hydrogens is 755 g/mol. The van der Waals surface area contributed by atoms with Gasteiger partial charge in [-0.25, -0.2) is 13.4 Å². The van der Waals surface area contributed by atoms with E-state index in [1.807, 2.05) is 0 Å². The number of nitrogens with zero attached hydrogens (tertiary/aromatic N) is 6. The van der Waals surface area contributed by atoms with Gasteiger partial charge in [0.1, 0.15) is 5.65 Å². The summed E-state index contributed by atoms with van der Waals surface area (Å²) in [6, 6.07) is 9.84. The van der Waals surface area contributed by atoms with E-state index in [9.17, 15) is 39.6 Å². The smallest absolute Gasteiger partial charge is 0.381 e. The van der Waals surface area contributed by atoms with Crippen LogP contribution in [-0.2, 0) is 33.7 Å². The van der Waals surface area contributed by atoms with Crippen molar-refractivity contribution in [1.29, 1.82) is 0 Å². The first-order valence-electron chi connectivity index (χ1n) is 17.4. The first kappa shape index (κ1) is 38.3. The van der Waals surface area contributed by atoms with Crippen molar-refractivity contribution in [3.05, 3.63) is 93.2 Å². The fraction of sp³-hybridized carbons (Fsp3) is 0.389. The van der Waals surface area contributed by atoms with E-state index in [2.05, 4.69) is 25.7 Å². The largest absolute Gasteiger partial charge is 0.418 e. The Morgan fingerprint density at radius 3 is 2.33 bits per heavy atom. The predicted molar refractivity (Wildman–Crippen MR) is 193 cm³/mol. The third-order valence-corrected chi connectivity index (χ3v) is 12.0. The number of halogens is 6. The Morgan fingerprint density at radius 1 is 0.945 bits per heavy atom. The Balaban J connectivity index is 1.35. The minimum absolute atomic E-state index is 0.0112. The van der Waals surface area contributed by atoms with Gasteiger partial charge in [-0.3, -0.25) is 9.36 Å². The van der Waals surface area contributed by atoms with Crippen LogP contribution in [0.4, 0.5) is 43.7 Å². The molecule has 3 aromatic heterocycles. The molecule has 2 N–H and O–H groups in total. The SMILES string of the molecule is Cc1nn(S(=O)(=O)C2CCOCC2)c(C)c1-c1cc2cnc(Nc3ccc(N4CCNCC4)c(C(F)(F)F)c3)nc2n(Cc2ccccc2C(F)(F)F)c1=O. The molecule has 0 spiro atoms. The minimum Gasteiger partial charge on any atom is -0.381 e. The molecule has 292 valence electrons. The topological polar surface area (TPSA) is 136 Å². The van der Waals surface area contributed by atoms with Crippen LogP contribution in [0.2, 0.25) is 0 Å². The number of rotatable bonds is 8. The summed E-state index contributed by atoms with van der Waals surface area (Å²) in [5, 5.41) is 9.59. The molecule has 12 nitrogen and oxygen atoms in total. The van der Waals surface area contributed by atoms with Crippen LogP contribution in [0.1, 0.15) is 40.9 Å². The molecule has 0 bridgehead atoms. The lowest BCUT2D eigenvalue weighted by atomic mass is 10.0. The quantitative estimate of drug-likeness (QED) is 0.184.